The first-order valence-corrected chi connectivity index (χ1v) is 29.8. The molecule has 414 valence electrons. The van der Waals surface area contributed by atoms with Crippen molar-refractivity contribution in [3.05, 3.63) is 198 Å². The number of unbranched alkanes of at least 4 members (excludes halogenated alkanes) is 9. The zero-order chi connectivity index (χ0) is 55.5. The molecule has 1 aliphatic rings. The highest BCUT2D eigenvalue weighted by atomic mass is 16.5. The number of aromatic nitrogens is 1. The van der Waals surface area contributed by atoms with E-state index < -0.39 is 0 Å². The molecule has 1 aromatic heterocycles. The summed E-state index contributed by atoms with van der Waals surface area (Å²) in [5, 5.41) is 4.31. The lowest BCUT2D eigenvalue weighted by molar-refractivity contribution is 0.212. The molecule has 0 saturated heterocycles. The van der Waals surface area contributed by atoms with Gasteiger partial charge in [0, 0.05) is 11.6 Å². The topological polar surface area (TPSA) is 53.7 Å². The minimum absolute atomic E-state index is 0.181. The molecule has 0 bridgehead atoms. The van der Waals surface area contributed by atoms with Crippen molar-refractivity contribution < 1.29 is 18.7 Å². The maximum Gasteiger partial charge on any atom is 0.147 e. The lowest BCUT2D eigenvalue weighted by Crippen LogP contribution is -2.20. The molecular formula is C73H93NO4. The van der Waals surface area contributed by atoms with Crippen LogP contribution in [0.15, 0.2) is 180 Å². The Morgan fingerprint density at radius 3 is 1.14 bits per heavy atom. The molecule has 5 heteroatoms. The van der Waals surface area contributed by atoms with Crippen molar-refractivity contribution >= 4 is 0 Å². The van der Waals surface area contributed by atoms with Crippen molar-refractivity contribution in [2.75, 3.05) is 19.8 Å². The highest BCUT2D eigenvalue weighted by Crippen LogP contribution is 2.36. The van der Waals surface area contributed by atoms with Crippen LogP contribution in [0.25, 0.3) is 44.6 Å². The number of hydrogen-bond acceptors (Lipinski definition) is 5. The van der Waals surface area contributed by atoms with E-state index >= 15 is 0 Å². The smallest absolute Gasteiger partial charge is 0.147 e. The Labute approximate surface area is 471 Å². The van der Waals surface area contributed by atoms with Crippen LogP contribution >= 0.6 is 0 Å². The van der Waals surface area contributed by atoms with Gasteiger partial charge in [-0.1, -0.05) is 253 Å². The van der Waals surface area contributed by atoms with Gasteiger partial charge in [-0.05, 0) is 137 Å². The third-order valence-corrected chi connectivity index (χ3v) is 14.8. The number of hydrogen-bond donors (Lipinski definition) is 0. The van der Waals surface area contributed by atoms with Crippen LogP contribution in [0.4, 0.5) is 0 Å². The molecule has 0 radical (unpaired) electrons. The normalized spacial score (nSPS) is 13.9. The van der Waals surface area contributed by atoms with Crippen LogP contribution in [0.2, 0.25) is 0 Å². The minimum Gasteiger partial charge on any atom is -0.494 e. The van der Waals surface area contributed by atoms with Crippen LogP contribution < -0.4 is 9.47 Å². The van der Waals surface area contributed by atoms with E-state index in [1.165, 1.54) is 108 Å². The predicted molar refractivity (Wildman–Crippen MR) is 332 cm³/mol. The zero-order valence-electron chi connectivity index (χ0n) is 49.3. The number of nitrogens with zero attached hydrogens (tertiary/aromatic N) is 1. The molecular weight excluding hydrogens is 955 g/mol. The molecule has 0 fully saturated rings. The van der Waals surface area contributed by atoms with Crippen LogP contribution in [0.3, 0.4) is 0 Å². The summed E-state index contributed by atoms with van der Waals surface area (Å²) >= 11 is 0. The first-order chi connectivity index (χ1) is 37.9. The predicted octanol–water partition coefficient (Wildman–Crippen LogP) is 21.7. The summed E-state index contributed by atoms with van der Waals surface area (Å²) in [4.78, 5) is 0. The molecule has 0 aliphatic heterocycles. The van der Waals surface area contributed by atoms with Crippen LogP contribution in [-0.4, -0.2) is 25.0 Å². The van der Waals surface area contributed by atoms with E-state index in [1.807, 2.05) is 0 Å². The van der Waals surface area contributed by atoms with Crippen LogP contribution in [0, 0.1) is 0 Å². The highest BCUT2D eigenvalue weighted by molar-refractivity contribution is 5.71. The fraction of sp³-hybridized carbons (Fsp3) is 0.411. The number of ether oxygens (including phenoxy) is 3. The van der Waals surface area contributed by atoms with Gasteiger partial charge in [-0.15, -0.1) is 0 Å². The van der Waals surface area contributed by atoms with Gasteiger partial charge >= 0.3 is 0 Å². The second-order valence-corrected chi connectivity index (χ2v) is 22.3. The quantitative estimate of drug-likeness (QED) is 0.0506. The average molecular weight is 1050 g/mol. The summed E-state index contributed by atoms with van der Waals surface area (Å²) in [5.74, 6) is 5.47. The Kier molecular flexibility index (Phi) is 25.1. The SMILES string of the molecule is CCCCCCCCOc1ccc(-c2ccc(C(C)C)cc2)cc1.CCCCCOC1=CCC(C)(c2cc(-c3ccc(C(C)C)cc3)no2)C=C1.CCCCCOc1ccc(-c2ccc(-c3ccc(C(C)C)cc3)cc2)cc1. The van der Waals surface area contributed by atoms with Crippen molar-refractivity contribution in [1.29, 1.82) is 0 Å². The molecule has 6 aromatic carbocycles. The van der Waals surface area contributed by atoms with Gasteiger partial charge < -0.3 is 18.7 Å². The first kappa shape index (κ1) is 60.6. The summed E-state index contributed by atoms with van der Waals surface area (Å²) in [5.41, 5.74) is 13.4. The third kappa shape index (κ3) is 19.4. The number of rotatable bonds is 26. The van der Waals surface area contributed by atoms with E-state index in [2.05, 4.69) is 244 Å². The molecule has 1 heterocycles. The molecule has 5 nitrogen and oxygen atoms in total. The fourth-order valence-corrected chi connectivity index (χ4v) is 9.34. The maximum absolute atomic E-state index is 5.85. The maximum atomic E-state index is 5.85. The summed E-state index contributed by atoms with van der Waals surface area (Å²) in [6.45, 7) is 24.6. The van der Waals surface area contributed by atoms with Gasteiger partial charge in [-0.25, -0.2) is 0 Å². The third-order valence-electron chi connectivity index (χ3n) is 14.8. The second kappa shape index (κ2) is 32.3. The van der Waals surface area contributed by atoms with E-state index in [0.29, 0.717) is 17.8 Å². The van der Waals surface area contributed by atoms with Crippen molar-refractivity contribution in [1.82, 2.24) is 5.16 Å². The van der Waals surface area contributed by atoms with Crippen molar-refractivity contribution in [3.63, 3.8) is 0 Å². The zero-order valence-corrected chi connectivity index (χ0v) is 49.3. The van der Waals surface area contributed by atoms with Gasteiger partial charge in [0.05, 0.1) is 25.2 Å². The van der Waals surface area contributed by atoms with E-state index in [-0.39, 0.29) is 5.41 Å². The van der Waals surface area contributed by atoms with Gasteiger partial charge in [-0.3, -0.25) is 0 Å². The van der Waals surface area contributed by atoms with E-state index in [4.69, 9.17) is 18.7 Å². The number of allylic oxidation sites excluding steroid dienone is 3. The van der Waals surface area contributed by atoms with Crippen LogP contribution in [0.1, 0.15) is 193 Å². The molecule has 7 aromatic rings. The molecule has 0 saturated carbocycles. The molecule has 1 unspecified atom stereocenters. The molecule has 0 N–H and O–H groups in total. The Morgan fingerprint density at radius 2 is 0.756 bits per heavy atom. The lowest BCUT2D eigenvalue weighted by atomic mass is 9.81. The Balaban J connectivity index is 0.000000190. The summed E-state index contributed by atoms with van der Waals surface area (Å²) in [6.07, 6.45) is 22.2. The van der Waals surface area contributed by atoms with Crippen molar-refractivity contribution in [2.45, 2.75) is 176 Å². The van der Waals surface area contributed by atoms with Gasteiger partial charge in [0.1, 0.15) is 28.7 Å². The second-order valence-electron chi connectivity index (χ2n) is 22.3. The fourth-order valence-electron chi connectivity index (χ4n) is 9.34. The molecule has 0 spiro atoms. The molecule has 0 amide bonds. The Morgan fingerprint density at radius 1 is 0.423 bits per heavy atom. The van der Waals surface area contributed by atoms with E-state index in [1.54, 1.807) is 0 Å². The van der Waals surface area contributed by atoms with Gasteiger partial charge in [0.15, 0.2) is 0 Å². The Bertz CT molecular complexity index is 2800. The van der Waals surface area contributed by atoms with Crippen LogP contribution in [0.5, 0.6) is 11.5 Å². The van der Waals surface area contributed by atoms with Gasteiger partial charge in [0.25, 0.3) is 0 Å². The average Bonchev–Trinajstić information content (AvgIpc) is 4.00. The molecule has 8 rings (SSSR count). The standard InChI is InChI=1S/C26H30O.C24H31NO2.C23H32O/c1-4-5-6-19-27-26-17-15-25(16-18-26)24-13-11-23(12-14-24)22-9-7-21(8-10-22)20(2)3;1-5-6-7-16-26-21-12-14-24(4,15-13-21)23-17-22(25-27-23)20-10-8-19(9-11-20)18(2)3;1-4-5-6-7-8-9-18-24-23-16-14-22(15-17-23)21-12-10-20(11-13-21)19(2)3/h7-18,20H,4-6,19H2,1-3H3;8-14,17-18H,5-7,15-16H2,1-4H3;10-17,19H,4-9,18H2,1-3H3. The lowest BCUT2D eigenvalue weighted by Gasteiger charge is -2.24. The van der Waals surface area contributed by atoms with E-state index in [9.17, 15) is 0 Å². The van der Waals surface area contributed by atoms with E-state index in [0.717, 1.165) is 79.8 Å². The summed E-state index contributed by atoms with van der Waals surface area (Å²) < 4.78 is 23.2. The molecule has 78 heavy (non-hydrogen) atoms. The van der Waals surface area contributed by atoms with Gasteiger partial charge in [0.2, 0.25) is 0 Å². The minimum atomic E-state index is -0.181. The highest BCUT2D eigenvalue weighted by Gasteiger charge is 2.30. The Hall–Kier alpha value is -6.59. The summed E-state index contributed by atoms with van der Waals surface area (Å²) in [6, 6.07) is 54.1. The van der Waals surface area contributed by atoms with Crippen molar-refractivity contribution in [2.24, 2.45) is 0 Å². The largest absolute Gasteiger partial charge is 0.494 e. The molecule has 1 aliphatic carbocycles. The van der Waals surface area contributed by atoms with Gasteiger partial charge in [-0.2, -0.15) is 0 Å². The number of benzene rings is 6. The first-order valence-electron chi connectivity index (χ1n) is 29.8. The van der Waals surface area contributed by atoms with Crippen molar-refractivity contribution in [3.8, 4) is 56.1 Å². The molecule has 1 atom stereocenters. The summed E-state index contributed by atoms with van der Waals surface area (Å²) in [7, 11) is 0. The van der Waals surface area contributed by atoms with Crippen LogP contribution in [-0.2, 0) is 10.2 Å². The monoisotopic (exact) mass is 1050 g/mol.